The predicted molar refractivity (Wildman–Crippen MR) is 96.6 cm³/mol. The van der Waals surface area contributed by atoms with Gasteiger partial charge in [-0.3, -0.25) is 0 Å². The third-order valence-electron chi connectivity index (χ3n) is 6.03. The van der Waals surface area contributed by atoms with Gasteiger partial charge in [0.2, 0.25) is 0 Å². The van der Waals surface area contributed by atoms with Gasteiger partial charge in [-0.15, -0.1) is 0 Å². The summed E-state index contributed by atoms with van der Waals surface area (Å²) in [5, 5.41) is 60.1. The highest BCUT2D eigenvalue weighted by atomic mass is 16.7. The minimum absolute atomic E-state index is 0.160. The minimum atomic E-state index is -1.50. The van der Waals surface area contributed by atoms with Crippen molar-refractivity contribution < 1.29 is 40.1 Å². The van der Waals surface area contributed by atoms with Gasteiger partial charge in [0.1, 0.15) is 24.4 Å². The number of aliphatic hydroxyl groups is 6. The van der Waals surface area contributed by atoms with Crippen LogP contribution >= 0.6 is 0 Å². The summed E-state index contributed by atoms with van der Waals surface area (Å²) in [6.45, 7) is 6.86. The van der Waals surface area contributed by atoms with Crippen molar-refractivity contribution in [2.75, 3.05) is 6.61 Å². The standard InChI is InChI=1S/C19H34O8/c1-10-7-12(21)8-18(3,4)19(10,25)6-5-11(2)26-17-16(24)15(23)14(22)13(9-20)27-17/h5-6,10-17,20-25H,7-9H2,1-4H3/b6-5+/t10-,11+,12+,13-,14+,15+,16-,17-,19+/m0/s1. The molecule has 8 heteroatoms. The topological polar surface area (TPSA) is 140 Å². The molecule has 0 radical (unpaired) electrons. The molecule has 6 N–H and O–H groups in total. The zero-order chi connectivity index (χ0) is 20.6. The minimum Gasteiger partial charge on any atom is -0.394 e. The van der Waals surface area contributed by atoms with E-state index in [9.17, 15) is 30.6 Å². The Bertz CT molecular complexity index is 522. The van der Waals surface area contributed by atoms with Gasteiger partial charge >= 0.3 is 0 Å². The van der Waals surface area contributed by atoms with Crippen molar-refractivity contribution in [3.8, 4) is 0 Å². The third kappa shape index (κ3) is 4.54. The largest absolute Gasteiger partial charge is 0.394 e. The summed E-state index contributed by atoms with van der Waals surface area (Å²) >= 11 is 0. The molecular weight excluding hydrogens is 356 g/mol. The molecule has 2 fully saturated rings. The van der Waals surface area contributed by atoms with Gasteiger partial charge in [0, 0.05) is 0 Å². The Morgan fingerprint density at radius 2 is 1.78 bits per heavy atom. The summed E-state index contributed by atoms with van der Waals surface area (Å²) in [5.74, 6) is -0.160. The maximum Gasteiger partial charge on any atom is 0.187 e. The van der Waals surface area contributed by atoms with E-state index < -0.39 is 60.5 Å². The van der Waals surface area contributed by atoms with Gasteiger partial charge < -0.3 is 40.1 Å². The van der Waals surface area contributed by atoms with Gasteiger partial charge in [-0.05, 0) is 31.1 Å². The second-order valence-electron chi connectivity index (χ2n) is 8.60. The lowest BCUT2D eigenvalue weighted by Crippen LogP contribution is -2.59. The normalized spacial score (nSPS) is 46.5. The van der Waals surface area contributed by atoms with Crippen LogP contribution in [0.25, 0.3) is 0 Å². The first-order chi connectivity index (χ1) is 12.4. The van der Waals surface area contributed by atoms with Crippen LogP contribution in [0.1, 0.15) is 40.5 Å². The number of aliphatic hydroxyl groups excluding tert-OH is 5. The Kier molecular flexibility index (Phi) is 7.08. The fraction of sp³-hybridized carbons (Fsp3) is 0.895. The molecule has 2 aliphatic rings. The van der Waals surface area contributed by atoms with Gasteiger partial charge in [0.05, 0.1) is 24.4 Å². The molecule has 158 valence electrons. The van der Waals surface area contributed by atoms with Crippen LogP contribution in [0.5, 0.6) is 0 Å². The highest BCUT2D eigenvalue weighted by Gasteiger charge is 2.50. The van der Waals surface area contributed by atoms with Crippen molar-refractivity contribution in [1.29, 1.82) is 0 Å². The van der Waals surface area contributed by atoms with E-state index in [0.717, 1.165) is 0 Å². The maximum absolute atomic E-state index is 11.2. The molecule has 1 heterocycles. The summed E-state index contributed by atoms with van der Waals surface area (Å²) < 4.78 is 10.9. The first-order valence-corrected chi connectivity index (χ1v) is 9.48. The first kappa shape index (κ1) is 22.7. The average Bonchev–Trinajstić information content (AvgIpc) is 2.58. The molecule has 1 saturated carbocycles. The molecule has 0 bridgehead atoms. The van der Waals surface area contributed by atoms with Crippen LogP contribution < -0.4 is 0 Å². The first-order valence-electron chi connectivity index (χ1n) is 9.48. The Morgan fingerprint density at radius 1 is 1.15 bits per heavy atom. The van der Waals surface area contributed by atoms with Crippen molar-refractivity contribution in [1.82, 2.24) is 0 Å². The fourth-order valence-corrected chi connectivity index (χ4v) is 4.20. The monoisotopic (exact) mass is 390 g/mol. The van der Waals surface area contributed by atoms with E-state index in [1.807, 2.05) is 20.8 Å². The predicted octanol–water partition coefficient (Wildman–Crippen LogP) is -0.704. The van der Waals surface area contributed by atoms with Crippen LogP contribution in [0.3, 0.4) is 0 Å². The van der Waals surface area contributed by atoms with Gasteiger partial charge in [-0.1, -0.05) is 32.9 Å². The van der Waals surface area contributed by atoms with E-state index in [1.165, 1.54) is 0 Å². The maximum atomic E-state index is 11.2. The van der Waals surface area contributed by atoms with E-state index in [-0.39, 0.29) is 5.92 Å². The summed E-state index contributed by atoms with van der Waals surface area (Å²) in [5.41, 5.74) is -1.68. The summed E-state index contributed by atoms with van der Waals surface area (Å²) in [6.07, 6.45) is -3.42. The van der Waals surface area contributed by atoms with Crippen LogP contribution in [0.15, 0.2) is 12.2 Å². The molecule has 0 unspecified atom stereocenters. The molecule has 8 nitrogen and oxygen atoms in total. The average molecular weight is 390 g/mol. The zero-order valence-electron chi connectivity index (χ0n) is 16.4. The second-order valence-corrected chi connectivity index (χ2v) is 8.60. The number of hydrogen-bond acceptors (Lipinski definition) is 8. The Labute approximate surface area is 160 Å². The van der Waals surface area contributed by atoms with E-state index in [0.29, 0.717) is 12.8 Å². The number of rotatable bonds is 5. The van der Waals surface area contributed by atoms with Gasteiger partial charge in [0.15, 0.2) is 6.29 Å². The lowest BCUT2D eigenvalue weighted by molar-refractivity contribution is -0.306. The molecule has 1 aliphatic heterocycles. The van der Waals surface area contributed by atoms with Gasteiger partial charge in [-0.25, -0.2) is 0 Å². The molecular formula is C19H34O8. The molecule has 0 aromatic carbocycles. The van der Waals surface area contributed by atoms with Crippen molar-refractivity contribution in [3.63, 3.8) is 0 Å². The molecule has 27 heavy (non-hydrogen) atoms. The second kappa shape index (κ2) is 8.42. The van der Waals surface area contributed by atoms with E-state index in [2.05, 4.69) is 0 Å². The van der Waals surface area contributed by atoms with Crippen LogP contribution in [0.4, 0.5) is 0 Å². The Balaban J connectivity index is 2.07. The number of hydrogen-bond donors (Lipinski definition) is 6. The third-order valence-corrected chi connectivity index (χ3v) is 6.03. The lowest BCUT2D eigenvalue weighted by Gasteiger charge is -2.50. The molecule has 1 aliphatic carbocycles. The summed E-state index contributed by atoms with van der Waals surface area (Å²) in [6, 6.07) is 0. The van der Waals surface area contributed by atoms with Crippen molar-refractivity contribution in [2.45, 2.75) is 89.1 Å². The molecule has 0 aromatic rings. The zero-order valence-corrected chi connectivity index (χ0v) is 16.4. The van der Waals surface area contributed by atoms with Gasteiger partial charge in [0.25, 0.3) is 0 Å². The highest BCUT2D eigenvalue weighted by molar-refractivity contribution is 5.15. The van der Waals surface area contributed by atoms with Gasteiger partial charge in [-0.2, -0.15) is 0 Å². The van der Waals surface area contributed by atoms with E-state index >= 15 is 0 Å². The molecule has 9 atom stereocenters. The van der Waals surface area contributed by atoms with Crippen molar-refractivity contribution >= 4 is 0 Å². The fourth-order valence-electron chi connectivity index (χ4n) is 4.20. The van der Waals surface area contributed by atoms with Crippen LogP contribution in [0.2, 0.25) is 0 Å². The molecule has 2 rings (SSSR count). The van der Waals surface area contributed by atoms with Crippen LogP contribution in [0, 0.1) is 11.3 Å². The van der Waals surface area contributed by atoms with E-state index in [4.69, 9.17) is 9.47 Å². The van der Waals surface area contributed by atoms with Crippen LogP contribution in [-0.4, -0.2) is 85.8 Å². The van der Waals surface area contributed by atoms with Crippen molar-refractivity contribution in [3.05, 3.63) is 12.2 Å². The lowest BCUT2D eigenvalue weighted by atomic mass is 9.60. The number of ether oxygens (including phenoxy) is 2. The molecule has 0 spiro atoms. The summed E-state index contributed by atoms with van der Waals surface area (Å²) in [4.78, 5) is 0. The van der Waals surface area contributed by atoms with Crippen LogP contribution in [-0.2, 0) is 9.47 Å². The quantitative estimate of drug-likeness (QED) is 0.339. The smallest absolute Gasteiger partial charge is 0.187 e. The Hall–Kier alpha value is -0.580. The molecule has 1 saturated heterocycles. The SMILES string of the molecule is C[C@H](/C=C/[C@@]1(O)[C@@H](C)C[C@@H](O)CC1(C)C)O[C@H]1O[C@@H](CO)[C@@H](O)[C@@H](O)[C@@H]1O. The molecule has 0 aromatic heterocycles. The summed E-state index contributed by atoms with van der Waals surface area (Å²) in [7, 11) is 0. The highest BCUT2D eigenvalue weighted by Crippen LogP contribution is 2.48. The van der Waals surface area contributed by atoms with Crippen molar-refractivity contribution in [2.24, 2.45) is 11.3 Å². The van der Waals surface area contributed by atoms with E-state index in [1.54, 1.807) is 19.1 Å². The Morgan fingerprint density at radius 3 is 2.33 bits per heavy atom. The molecule has 0 amide bonds.